The Bertz CT molecular complexity index is 434. The van der Waals surface area contributed by atoms with E-state index in [9.17, 15) is 25.5 Å². The first-order valence-corrected chi connectivity index (χ1v) is 4.87. The predicted octanol–water partition coefficient (Wildman–Crippen LogP) is 2.24. The van der Waals surface area contributed by atoms with Crippen molar-refractivity contribution in [2.24, 2.45) is 0 Å². The molecule has 3 nitrogen and oxygen atoms in total. The third-order valence-electron chi connectivity index (χ3n) is 1.34. The van der Waals surface area contributed by atoms with Crippen LogP contribution in [0.1, 0.15) is 0 Å². The molecule has 84 valence electrons. The van der Waals surface area contributed by atoms with Gasteiger partial charge in [0.25, 0.3) is 0 Å². The Hall–Kier alpha value is -1.31. The Labute approximate surface area is 82.5 Å². The molecule has 0 aliphatic rings. The van der Waals surface area contributed by atoms with Gasteiger partial charge in [-0.1, -0.05) is 0 Å². The fourth-order valence-corrected chi connectivity index (χ4v) is 1.27. The van der Waals surface area contributed by atoms with E-state index >= 15 is 0 Å². The van der Waals surface area contributed by atoms with Crippen LogP contribution in [0.3, 0.4) is 0 Å². The van der Waals surface area contributed by atoms with E-state index in [1.165, 1.54) is 0 Å². The number of hydrogen-bond donors (Lipinski definition) is 0. The van der Waals surface area contributed by atoms with Crippen molar-refractivity contribution in [1.82, 2.24) is 0 Å². The molecule has 0 radical (unpaired) electrons. The molecule has 0 aliphatic heterocycles. The minimum atomic E-state index is -4.90. The maximum atomic E-state index is 12.3. The lowest BCUT2D eigenvalue weighted by molar-refractivity contribution is -0.274. The molecule has 0 aromatic heterocycles. The molecule has 0 unspecified atom stereocenters. The summed E-state index contributed by atoms with van der Waals surface area (Å²) in [5.41, 5.74) is 0. The highest BCUT2D eigenvalue weighted by molar-refractivity contribution is 7.86. The van der Waals surface area contributed by atoms with Crippen LogP contribution in [0.25, 0.3) is 0 Å². The van der Waals surface area contributed by atoms with Gasteiger partial charge in [0.1, 0.15) is 5.75 Å². The van der Waals surface area contributed by atoms with E-state index < -0.39 is 27.2 Å². The molecule has 0 bridgehead atoms. The van der Waals surface area contributed by atoms with Crippen LogP contribution in [-0.4, -0.2) is 14.8 Å². The van der Waals surface area contributed by atoms with Gasteiger partial charge < -0.3 is 4.74 Å². The third-order valence-corrected chi connectivity index (χ3v) is 2.17. The zero-order valence-electron chi connectivity index (χ0n) is 6.95. The summed E-state index contributed by atoms with van der Waals surface area (Å²) in [5.74, 6) is -0.616. The molecule has 0 saturated carbocycles. The SMILES string of the molecule is O=S(=O)(F)c1ccc(OC(F)(F)F)cc1. The monoisotopic (exact) mass is 244 g/mol. The molecule has 0 fully saturated rings. The Morgan fingerprint density at radius 1 is 1.07 bits per heavy atom. The number of rotatable bonds is 2. The molecule has 1 aromatic carbocycles. The van der Waals surface area contributed by atoms with Gasteiger partial charge in [0.2, 0.25) is 0 Å². The molecule has 0 atom stereocenters. The molecular formula is C7H4F4O3S. The molecule has 0 aliphatic carbocycles. The number of ether oxygens (including phenoxy) is 1. The van der Waals surface area contributed by atoms with Gasteiger partial charge in [-0.25, -0.2) is 0 Å². The van der Waals surface area contributed by atoms with Crippen molar-refractivity contribution in [3.05, 3.63) is 24.3 Å². The second kappa shape index (κ2) is 3.69. The lowest BCUT2D eigenvalue weighted by Crippen LogP contribution is -2.17. The van der Waals surface area contributed by atoms with Crippen LogP contribution < -0.4 is 4.74 Å². The van der Waals surface area contributed by atoms with Crippen LogP contribution in [0.5, 0.6) is 5.75 Å². The van der Waals surface area contributed by atoms with Gasteiger partial charge in [-0.2, -0.15) is 8.42 Å². The van der Waals surface area contributed by atoms with Crippen molar-refractivity contribution in [3.63, 3.8) is 0 Å². The van der Waals surface area contributed by atoms with E-state index in [1.54, 1.807) is 0 Å². The summed E-state index contributed by atoms with van der Waals surface area (Å²) in [6.07, 6.45) is -4.86. The van der Waals surface area contributed by atoms with E-state index in [-0.39, 0.29) is 0 Å². The second-order valence-corrected chi connectivity index (χ2v) is 3.80. The molecule has 1 aromatic rings. The van der Waals surface area contributed by atoms with Gasteiger partial charge in [0, 0.05) is 0 Å². The number of alkyl halides is 3. The van der Waals surface area contributed by atoms with Crippen molar-refractivity contribution < 1.29 is 30.2 Å². The van der Waals surface area contributed by atoms with Crippen LogP contribution >= 0.6 is 0 Å². The summed E-state index contributed by atoms with van der Waals surface area (Å²) in [6, 6.07) is 2.77. The van der Waals surface area contributed by atoms with E-state index in [0.29, 0.717) is 24.3 Å². The average Bonchev–Trinajstić information content (AvgIpc) is 2.00. The normalized spacial score (nSPS) is 12.5. The molecule has 0 amide bonds. The number of halogens is 4. The molecule has 0 heterocycles. The van der Waals surface area contributed by atoms with Gasteiger partial charge in [0.05, 0.1) is 4.90 Å². The van der Waals surface area contributed by atoms with Crippen LogP contribution in [0, 0.1) is 0 Å². The summed E-state index contributed by atoms with van der Waals surface area (Å²) in [6.45, 7) is 0. The van der Waals surface area contributed by atoms with Crippen molar-refractivity contribution in [2.45, 2.75) is 11.3 Å². The summed E-state index contributed by atoms with van der Waals surface area (Å²) in [4.78, 5) is -0.725. The summed E-state index contributed by atoms with van der Waals surface area (Å²) >= 11 is 0. The van der Waals surface area contributed by atoms with Crippen LogP contribution in [0.2, 0.25) is 0 Å². The Kier molecular flexibility index (Phi) is 2.89. The summed E-state index contributed by atoms with van der Waals surface area (Å²) in [5, 5.41) is 0. The Balaban J connectivity index is 2.92. The lowest BCUT2D eigenvalue weighted by atomic mass is 10.3. The maximum Gasteiger partial charge on any atom is 0.573 e. The standard InChI is InChI=1S/C7H4F4O3S/c8-7(9,10)14-5-1-3-6(4-2-5)15(11,12)13/h1-4H. The molecule has 0 saturated heterocycles. The van der Waals surface area contributed by atoms with E-state index in [1.807, 2.05) is 0 Å². The van der Waals surface area contributed by atoms with Crippen molar-refractivity contribution in [2.75, 3.05) is 0 Å². The Morgan fingerprint density at radius 2 is 1.53 bits per heavy atom. The zero-order valence-corrected chi connectivity index (χ0v) is 7.77. The summed E-state index contributed by atoms with van der Waals surface area (Å²) < 4.78 is 71.3. The molecule has 0 N–H and O–H groups in total. The highest BCUT2D eigenvalue weighted by Gasteiger charge is 2.31. The zero-order chi connectivity index (χ0) is 11.7. The molecule has 8 heteroatoms. The summed E-state index contributed by atoms with van der Waals surface area (Å²) in [7, 11) is -4.90. The quantitative estimate of drug-likeness (QED) is 0.592. The second-order valence-electron chi connectivity index (χ2n) is 2.46. The van der Waals surface area contributed by atoms with Gasteiger partial charge in [-0.05, 0) is 24.3 Å². The van der Waals surface area contributed by atoms with E-state index in [0.717, 1.165) is 0 Å². The highest BCUT2D eigenvalue weighted by atomic mass is 32.3. The van der Waals surface area contributed by atoms with Crippen LogP contribution in [0.15, 0.2) is 29.2 Å². The van der Waals surface area contributed by atoms with Gasteiger partial charge in [0.15, 0.2) is 0 Å². The first-order chi connectivity index (χ1) is 6.68. The van der Waals surface area contributed by atoms with Crippen LogP contribution in [-0.2, 0) is 10.2 Å². The predicted molar refractivity (Wildman–Crippen MR) is 41.4 cm³/mol. The van der Waals surface area contributed by atoms with Crippen molar-refractivity contribution in [1.29, 1.82) is 0 Å². The Morgan fingerprint density at radius 3 is 1.87 bits per heavy atom. The van der Waals surface area contributed by atoms with Gasteiger partial charge >= 0.3 is 16.6 Å². The van der Waals surface area contributed by atoms with E-state index in [2.05, 4.69) is 4.74 Å². The largest absolute Gasteiger partial charge is 0.573 e. The topological polar surface area (TPSA) is 43.4 Å². The molecule has 1 rings (SSSR count). The first kappa shape index (κ1) is 11.8. The minimum absolute atomic E-state index is 0.616. The number of hydrogen-bond acceptors (Lipinski definition) is 3. The average molecular weight is 244 g/mol. The fraction of sp³-hybridized carbons (Fsp3) is 0.143. The van der Waals surface area contributed by atoms with E-state index in [4.69, 9.17) is 0 Å². The first-order valence-electron chi connectivity index (χ1n) is 3.49. The highest BCUT2D eigenvalue weighted by Crippen LogP contribution is 2.24. The van der Waals surface area contributed by atoms with Gasteiger partial charge in [-0.3, -0.25) is 0 Å². The number of benzene rings is 1. The smallest absolute Gasteiger partial charge is 0.406 e. The third kappa shape index (κ3) is 3.74. The van der Waals surface area contributed by atoms with Gasteiger partial charge in [-0.15, -0.1) is 17.1 Å². The molecule has 0 spiro atoms. The molecular weight excluding hydrogens is 240 g/mol. The fourth-order valence-electron chi connectivity index (χ4n) is 0.804. The lowest BCUT2D eigenvalue weighted by Gasteiger charge is -2.08. The molecule has 15 heavy (non-hydrogen) atoms. The van der Waals surface area contributed by atoms with Crippen molar-refractivity contribution in [3.8, 4) is 5.75 Å². The minimum Gasteiger partial charge on any atom is -0.406 e. The van der Waals surface area contributed by atoms with Crippen LogP contribution in [0.4, 0.5) is 17.1 Å². The van der Waals surface area contributed by atoms with Crippen molar-refractivity contribution >= 4 is 10.2 Å². The maximum absolute atomic E-state index is 12.3.